The van der Waals surface area contributed by atoms with Crippen molar-refractivity contribution in [2.45, 2.75) is 51.5 Å². The lowest BCUT2D eigenvalue weighted by Gasteiger charge is -2.19. The SMILES string of the molecule is CC(NCCCC#N)C1CCCC1. The fraction of sp³-hybridized carbons (Fsp3) is 0.909. The average Bonchev–Trinajstić information content (AvgIpc) is 2.65. The summed E-state index contributed by atoms with van der Waals surface area (Å²) in [6.45, 7) is 3.29. The summed E-state index contributed by atoms with van der Waals surface area (Å²) in [6, 6.07) is 2.82. The van der Waals surface area contributed by atoms with E-state index >= 15 is 0 Å². The van der Waals surface area contributed by atoms with Gasteiger partial charge in [-0.25, -0.2) is 0 Å². The molecule has 0 amide bonds. The Balaban J connectivity index is 2.03. The first-order chi connectivity index (χ1) is 6.34. The molecule has 1 atom stereocenters. The summed E-state index contributed by atoms with van der Waals surface area (Å²) < 4.78 is 0. The Morgan fingerprint density at radius 1 is 1.46 bits per heavy atom. The van der Waals surface area contributed by atoms with Crippen LogP contribution in [0.5, 0.6) is 0 Å². The van der Waals surface area contributed by atoms with Crippen LogP contribution in [0.25, 0.3) is 0 Å². The van der Waals surface area contributed by atoms with Gasteiger partial charge in [0, 0.05) is 12.5 Å². The minimum atomic E-state index is 0.654. The molecule has 0 heterocycles. The number of hydrogen-bond donors (Lipinski definition) is 1. The number of rotatable bonds is 5. The highest BCUT2D eigenvalue weighted by atomic mass is 14.9. The second-order valence-corrected chi connectivity index (χ2v) is 4.05. The van der Waals surface area contributed by atoms with E-state index in [2.05, 4.69) is 18.3 Å². The number of nitrogens with zero attached hydrogens (tertiary/aromatic N) is 1. The molecule has 1 rings (SSSR count). The van der Waals surface area contributed by atoms with Gasteiger partial charge in [-0.05, 0) is 38.6 Å². The van der Waals surface area contributed by atoms with Crippen molar-refractivity contribution in [1.82, 2.24) is 5.32 Å². The second-order valence-electron chi connectivity index (χ2n) is 4.05. The van der Waals surface area contributed by atoms with Crippen LogP contribution in [0.1, 0.15) is 45.4 Å². The predicted octanol–water partition coefficient (Wildman–Crippen LogP) is 2.46. The normalized spacial score (nSPS) is 20.0. The van der Waals surface area contributed by atoms with Crippen LogP contribution in [0.2, 0.25) is 0 Å². The van der Waals surface area contributed by atoms with E-state index in [0.717, 1.165) is 18.9 Å². The highest BCUT2D eigenvalue weighted by Crippen LogP contribution is 2.27. The van der Waals surface area contributed by atoms with E-state index in [1.54, 1.807) is 0 Å². The molecule has 1 unspecified atom stereocenters. The van der Waals surface area contributed by atoms with Crippen molar-refractivity contribution < 1.29 is 0 Å². The molecule has 0 radical (unpaired) electrons. The van der Waals surface area contributed by atoms with Gasteiger partial charge in [-0.3, -0.25) is 0 Å². The van der Waals surface area contributed by atoms with E-state index in [-0.39, 0.29) is 0 Å². The Kier molecular flexibility index (Phi) is 4.85. The van der Waals surface area contributed by atoms with Crippen LogP contribution in [-0.2, 0) is 0 Å². The summed E-state index contributed by atoms with van der Waals surface area (Å²) in [5.74, 6) is 0.891. The zero-order valence-electron chi connectivity index (χ0n) is 8.55. The standard InChI is InChI=1S/C11H20N2/c1-10(11-6-2-3-7-11)13-9-5-4-8-12/h10-11,13H,2-7,9H2,1H3. The first-order valence-electron chi connectivity index (χ1n) is 5.45. The number of unbranched alkanes of at least 4 members (excludes halogenated alkanes) is 1. The van der Waals surface area contributed by atoms with Gasteiger partial charge in [0.2, 0.25) is 0 Å². The molecule has 1 N–H and O–H groups in total. The Morgan fingerprint density at radius 2 is 2.15 bits per heavy atom. The molecule has 1 saturated carbocycles. The van der Waals surface area contributed by atoms with Gasteiger partial charge in [0.1, 0.15) is 0 Å². The van der Waals surface area contributed by atoms with Gasteiger partial charge in [0.25, 0.3) is 0 Å². The Labute approximate surface area is 81.3 Å². The van der Waals surface area contributed by atoms with Crippen LogP contribution < -0.4 is 5.32 Å². The molecule has 0 spiro atoms. The highest BCUT2D eigenvalue weighted by Gasteiger charge is 2.20. The molecule has 13 heavy (non-hydrogen) atoms. The molecule has 0 aromatic carbocycles. The largest absolute Gasteiger partial charge is 0.314 e. The van der Waals surface area contributed by atoms with Crippen molar-refractivity contribution in [3.05, 3.63) is 0 Å². The molecule has 1 aliphatic rings. The van der Waals surface area contributed by atoms with Crippen molar-refractivity contribution in [2.24, 2.45) is 5.92 Å². The molecule has 1 fully saturated rings. The van der Waals surface area contributed by atoms with Gasteiger partial charge < -0.3 is 5.32 Å². The average molecular weight is 180 g/mol. The maximum Gasteiger partial charge on any atom is 0.0622 e. The van der Waals surface area contributed by atoms with Crippen LogP contribution in [0, 0.1) is 17.2 Å². The lowest BCUT2D eigenvalue weighted by Crippen LogP contribution is -2.32. The lowest BCUT2D eigenvalue weighted by atomic mass is 10.00. The molecule has 0 aromatic rings. The monoisotopic (exact) mass is 180 g/mol. The number of nitrogens with one attached hydrogen (secondary N) is 1. The van der Waals surface area contributed by atoms with E-state index in [4.69, 9.17) is 5.26 Å². The summed E-state index contributed by atoms with van der Waals surface area (Å²) in [7, 11) is 0. The molecule has 1 aliphatic carbocycles. The van der Waals surface area contributed by atoms with Crippen molar-refractivity contribution in [3.8, 4) is 6.07 Å². The minimum Gasteiger partial charge on any atom is -0.314 e. The lowest BCUT2D eigenvalue weighted by molar-refractivity contribution is 0.381. The van der Waals surface area contributed by atoms with E-state index in [0.29, 0.717) is 12.5 Å². The third-order valence-electron chi connectivity index (χ3n) is 3.04. The minimum absolute atomic E-state index is 0.654. The van der Waals surface area contributed by atoms with Crippen molar-refractivity contribution in [3.63, 3.8) is 0 Å². The van der Waals surface area contributed by atoms with E-state index in [1.165, 1.54) is 25.7 Å². The van der Waals surface area contributed by atoms with Crippen molar-refractivity contribution >= 4 is 0 Å². The Hall–Kier alpha value is -0.550. The first kappa shape index (κ1) is 10.5. The van der Waals surface area contributed by atoms with Crippen LogP contribution in [0.4, 0.5) is 0 Å². The van der Waals surface area contributed by atoms with E-state index in [1.807, 2.05) is 0 Å². The van der Waals surface area contributed by atoms with Gasteiger partial charge in [0.15, 0.2) is 0 Å². The first-order valence-corrected chi connectivity index (χ1v) is 5.45. The molecule has 0 aliphatic heterocycles. The highest BCUT2D eigenvalue weighted by molar-refractivity contribution is 4.77. The van der Waals surface area contributed by atoms with Gasteiger partial charge in [0.05, 0.1) is 6.07 Å². The van der Waals surface area contributed by atoms with Crippen LogP contribution in [-0.4, -0.2) is 12.6 Å². The van der Waals surface area contributed by atoms with Crippen molar-refractivity contribution in [1.29, 1.82) is 5.26 Å². The maximum absolute atomic E-state index is 8.37. The Morgan fingerprint density at radius 3 is 2.77 bits per heavy atom. The molecular weight excluding hydrogens is 160 g/mol. The quantitative estimate of drug-likeness (QED) is 0.660. The van der Waals surface area contributed by atoms with Crippen LogP contribution >= 0.6 is 0 Å². The third kappa shape index (κ3) is 3.78. The predicted molar refractivity (Wildman–Crippen MR) is 54.3 cm³/mol. The van der Waals surface area contributed by atoms with Gasteiger partial charge in [-0.2, -0.15) is 5.26 Å². The van der Waals surface area contributed by atoms with Crippen LogP contribution in [0.15, 0.2) is 0 Å². The summed E-state index contributed by atoms with van der Waals surface area (Å²) in [5.41, 5.74) is 0. The molecule has 0 aromatic heterocycles. The summed E-state index contributed by atoms with van der Waals surface area (Å²) in [5, 5.41) is 11.9. The maximum atomic E-state index is 8.37. The summed E-state index contributed by atoms with van der Waals surface area (Å²) >= 11 is 0. The summed E-state index contributed by atoms with van der Waals surface area (Å²) in [4.78, 5) is 0. The Bertz CT molecular complexity index is 165. The van der Waals surface area contributed by atoms with Gasteiger partial charge in [-0.1, -0.05) is 12.8 Å². The van der Waals surface area contributed by atoms with Gasteiger partial charge in [-0.15, -0.1) is 0 Å². The third-order valence-corrected chi connectivity index (χ3v) is 3.04. The molecule has 0 bridgehead atoms. The van der Waals surface area contributed by atoms with Gasteiger partial charge >= 0.3 is 0 Å². The van der Waals surface area contributed by atoms with Crippen LogP contribution in [0.3, 0.4) is 0 Å². The fourth-order valence-electron chi connectivity index (χ4n) is 2.12. The summed E-state index contributed by atoms with van der Waals surface area (Å²) in [6.07, 6.45) is 7.29. The number of hydrogen-bond acceptors (Lipinski definition) is 2. The van der Waals surface area contributed by atoms with Crippen molar-refractivity contribution in [2.75, 3.05) is 6.54 Å². The fourth-order valence-corrected chi connectivity index (χ4v) is 2.12. The van der Waals surface area contributed by atoms with E-state index in [9.17, 15) is 0 Å². The van der Waals surface area contributed by atoms with E-state index < -0.39 is 0 Å². The smallest absolute Gasteiger partial charge is 0.0622 e. The molecule has 2 heteroatoms. The topological polar surface area (TPSA) is 35.8 Å². The molecule has 2 nitrogen and oxygen atoms in total. The zero-order valence-corrected chi connectivity index (χ0v) is 8.55. The molecular formula is C11H20N2. The number of nitriles is 1. The molecule has 0 saturated heterocycles. The molecule has 74 valence electrons. The second kappa shape index (κ2) is 5.99. The zero-order chi connectivity index (χ0) is 9.52.